The summed E-state index contributed by atoms with van der Waals surface area (Å²) in [4.78, 5) is 2.37. The summed E-state index contributed by atoms with van der Waals surface area (Å²) in [6, 6.07) is 0. The zero-order valence-corrected chi connectivity index (χ0v) is 20.8. The van der Waals surface area contributed by atoms with Crippen molar-refractivity contribution in [3.8, 4) is 0 Å². The molecule has 0 spiro atoms. The van der Waals surface area contributed by atoms with Gasteiger partial charge in [-0.3, -0.25) is 4.90 Å². The van der Waals surface area contributed by atoms with Crippen molar-refractivity contribution in [2.24, 2.45) is 0 Å². The summed E-state index contributed by atoms with van der Waals surface area (Å²) in [7, 11) is 0. The topological polar surface area (TPSA) is 62.2 Å². The van der Waals surface area contributed by atoms with Gasteiger partial charge in [-0.25, -0.2) is 0 Å². The quantitative estimate of drug-likeness (QED) is 0.162. The van der Waals surface area contributed by atoms with E-state index in [4.69, 9.17) is 19.7 Å². The Balaban J connectivity index is 3.45. The van der Waals surface area contributed by atoms with Crippen LogP contribution in [0.1, 0.15) is 110 Å². The third-order valence-electron chi connectivity index (χ3n) is 5.90. The van der Waals surface area contributed by atoms with Crippen LogP contribution in [0.4, 0.5) is 0 Å². The minimum Gasteiger partial charge on any atom is -0.394 e. The average Bonchev–Trinajstić information content (AvgIpc) is 2.78. The van der Waals surface area contributed by atoms with Gasteiger partial charge in [-0.05, 0) is 13.0 Å². The van der Waals surface area contributed by atoms with Crippen LogP contribution >= 0.6 is 0 Å². The maximum atomic E-state index is 8.81. The van der Waals surface area contributed by atoms with Crippen LogP contribution < -0.4 is 0 Å². The number of aliphatic hydroxyl groups excluding tert-OH is 2. The second-order valence-corrected chi connectivity index (χ2v) is 8.82. The Morgan fingerprint density at radius 1 is 0.452 bits per heavy atom. The van der Waals surface area contributed by atoms with Crippen LogP contribution in [0.25, 0.3) is 0 Å². The Kier molecular flexibility index (Phi) is 27.7. The molecule has 0 aliphatic carbocycles. The van der Waals surface area contributed by atoms with Gasteiger partial charge in [-0.2, -0.15) is 0 Å². The van der Waals surface area contributed by atoms with E-state index in [0.29, 0.717) is 26.4 Å². The van der Waals surface area contributed by atoms with Crippen molar-refractivity contribution in [2.45, 2.75) is 110 Å². The molecule has 0 saturated carbocycles. The lowest BCUT2D eigenvalue weighted by Crippen LogP contribution is -2.32. The number of rotatable bonds is 27. The maximum absolute atomic E-state index is 8.81. The van der Waals surface area contributed by atoms with Crippen molar-refractivity contribution in [3.05, 3.63) is 0 Å². The van der Waals surface area contributed by atoms with Gasteiger partial charge in [0.2, 0.25) is 0 Å². The van der Waals surface area contributed by atoms with Gasteiger partial charge in [-0.1, -0.05) is 103 Å². The molecule has 0 rings (SSSR count). The fourth-order valence-corrected chi connectivity index (χ4v) is 3.94. The maximum Gasteiger partial charge on any atom is 0.0698 e. The first kappa shape index (κ1) is 30.8. The largest absolute Gasteiger partial charge is 0.394 e. The SMILES string of the molecule is CCCCCCCCCCCCCCCCCCN(CCOCCO)CCOCCO. The van der Waals surface area contributed by atoms with Crippen LogP contribution in [-0.4, -0.2) is 74.4 Å². The molecule has 31 heavy (non-hydrogen) atoms. The lowest BCUT2D eigenvalue weighted by molar-refractivity contribution is 0.0503. The number of unbranched alkanes of at least 4 members (excludes halogenated alkanes) is 15. The van der Waals surface area contributed by atoms with E-state index in [9.17, 15) is 0 Å². The summed E-state index contributed by atoms with van der Waals surface area (Å²) in [5.41, 5.74) is 0. The molecule has 0 aliphatic rings. The molecule has 0 aliphatic heterocycles. The first-order chi connectivity index (χ1) is 15.3. The zero-order valence-electron chi connectivity index (χ0n) is 20.8. The van der Waals surface area contributed by atoms with Crippen LogP contribution in [0.5, 0.6) is 0 Å². The highest BCUT2D eigenvalue weighted by molar-refractivity contribution is 4.59. The van der Waals surface area contributed by atoms with E-state index in [1.165, 1.54) is 103 Å². The van der Waals surface area contributed by atoms with Gasteiger partial charge in [0.05, 0.1) is 39.6 Å². The van der Waals surface area contributed by atoms with E-state index in [2.05, 4.69) is 11.8 Å². The van der Waals surface area contributed by atoms with Crippen molar-refractivity contribution in [2.75, 3.05) is 59.3 Å². The van der Waals surface area contributed by atoms with E-state index < -0.39 is 0 Å². The molecule has 0 amide bonds. The minimum atomic E-state index is 0.0821. The summed E-state index contributed by atoms with van der Waals surface area (Å²) >= 11 is 0. The molecule has 0 heterocycles. The number of hydrogen-bond donors (Lipinski definition) is 2. The van der Waals surface area contributed by atoms with Crippen molar-refractivity contribution >= 4 is 0 Å². The fraction of sp³-hybridized carbons (Fsp3) is 1.00. The van der Waals surface area contributed by atoms with E-state index in [-0.39, 0.29) is 13.2 Å². The Morgan fingerprint density at radius 3 is 1.16 bits per heavy atom. The van der Waals surface area contributed by atoms with Gasteiger partial charge in [0, 0.05) is 13.1 Å². The first-order valence-electron chi connectivity index (χ1n) is 13.4. The predicted octanol–water partition coefficient (Wildman–Crippen LogP) is 5.57. The van der Waals surface area contributed by atoms with E-state index in [0.717, 1.165) is 19.6 Å². The number of ether oxygens (including phenoxy) is 2. The summed E-state index contributed by atoms with van der Waals surface area (Å²) in [6.45, 7) is 7.40. The normalized spacial score (nSPS) is 11.6. The standard InChI is InChI=1S/C26H55NO4/c1-2-3-4-5-6-7-8-9-10-11-12-13-14-15-16-17-18-27(19-23-30-25-21-28)20-24-31-26-22-29/h28-29H,2-26H2,1H3. The molecule has 0 radical (unpaired) electrons. The lowest BCUT2D eigenvalue weighted by Gasteiger charge is -2.22. The highest BCUT2D eigenvalue weighted by atomic mass is 16.5. The summed E-state index contributed by atoms with van der Waals surface area (Å²) < 4.78 is 10.8. The van der Waals surface area contributed by atoms with E-state index in [1.54, 1.807) is 0 Å². The molecule has 5 heteroatoms. The third kappa shape index (κ3) is 25.9. The Bertz CT molecular complexity index is 306. The van der Waals surface area contributed by atoms with Crippen molar-refractivity contribution in [1.29, 1.82) is 0 Å². The molecule has 0 aromatic rings. The van der Waals surface area contributed by atoms with Gasteiger partial charge in [0.1, 0.15) is 0 Å². The van der Waals surface area contributed by atoms with Gasteiger partial charge < -0.3 is 19.7 Å². The molecular formula is C26H55NO4. The fourth-order valence-electron chi connectivity index (χ4n) is 3.94. The first-order valence-corrected chi connectivity index (χ1v) is 13.4. The highest BCUT2D eigenvalue weighted by Crippen LogP contribution is 2.13. The molecule has 0 saturated heterocycles. The molecule has 0 fully saturated rings. The second-order valence-electron chi connectivity index (χ2n) is 8.82. The number of hydrogen-bond acceptors (Lipinski definition) is 5. The number of aliphatic hydroxyl groups is 2. The molecule has 0 unspecified atom stereocenters. The monoisotopic (exact) mass is 445 g/mol. The Labute approximate surface area is 193 Å². The van der Waals surface area contributed by atoms with E-state index in [1.807, 2.05) is 0 Å². The van der Waals surface area contributed by atoms with Crippen LogP contribution in [0.15, 0.2) is 0 Å². The van der Waals surface area contributed by atoms with Gasteiger partial charge in [0.25, 0.3) is 0 Å². The van der Waals surface area contributed by atoms with Crippen LogP contribution in [0.2, 0.25) is 0 Å². The highest BCUT2D eigenvalue weighted by Gasteiger charge is 2.05. The summed E-state index contributed by atoms with van der Waals surface area (Å²) in [6.07, 6.45) is 22.3. The molecule has 0 aromatic heterocycles. The third-order valence-corrected chi connectivity index (χ3v) is 5.90. The average molecular weight is 446 g/mol. The van der Waals surface area contributed by atoms with E-state index >= 15 is 0 Å². The molecule has 0 aromatic carbocycles. The van der Waals surface area contributed by atoms with Gasteiger partial charge in [-0.15, -0.1) is 0 Å². The van der Waals surface area contributed by atoms with Crippen molar-refractivity contribution < 1.29 is 19.7 Å². The molecule has 5 nitrogen and oxygen atoms in total. The molecule has 2 N–H and O–H groups in total. The smallest absolute Gasteiger partial charge is 0.0698 e. The summed E-state index contributed by atoms with van der Waals surface area (Å²) in [5, 5.41) is 17.6. The van der Waals surface area contributed by atoms with Gasteiger partial charge >= 0.3 is 0 Å². The summed E-state index contributed by atoms with van der Waals surface area (Å²) in [5.74, 6) is 0. The zero-order chi connectivity index (χ0) is 22.7. The Morgan fingerprint density at radius 2 is 0.806 bits per heavy atom. The lowest BCUT2D eigenvalue weighted by atomic mass is 10.0. The van der Waals surface area contributed by atoms with Crippen LogP contribution in [-0.2, 0) is 9.47 Å². The second kappa shape index (κ2) is 27.8. The van der Waals surface area contributed by atoms with Crippen molar-refractivity contribution in [3.63, 3.8) is 0 Å². The number of nitrogens with zero attached hydrogens (tertiary/aromatic N) is 1. The van der Waals surface area contributed by atoms with Crippen LogP contribution in [0, 0.1) is 0 Å². The molecule has 0 bridgehead atoms. The molecular weight excluding hydrogens is 390 g/mol. The van der Waals surface area contributed by atoms with Crippen molar-refractivity contribution in [1.82, 2.24) is 4.90 Å². The minimum absolute atomic E-state index is 0.0821. The predicted molar refractivity (Wildman–Crippen MR) is 132 cm³/mol. The van der Waals surface area contributed by atoms with Crippen LogP contribution in [0.3, 0.4) is 0 Å². The molecule has 0 atom stereocenters. The molecule has 188 valence electrons. The Hall–Kier alpha value is -0.200. The van der Waals surface area contributed by atoms with Gasteiger partial charge in [0.15, 0.2) is 0 Å².